The summed E-state index contributed by atoms with van der Waals surface area (Å²) in [7, 11) is 0. The number of fused-ring (bicyclic) bond motifs is 5. The van der Waals surface area contributed by atoms with E-state index in [1.165, 1.54) is 25.7 Å². The Labute approximate surface area is 205 Å². The molecule has 0 aromatic carbocycles. The predicted octanol–water partition coefficient (Wildman–Crippen LogP) is 4.97. The van der Waals surface area contributed by atoms with E-state index in [9.17, 15) is 15.0 Å². The molecule has 5 aliphatic rings. The lowest BCUT2D eigenvalue weighted by molar-refractivity contribution is -0.174. The molecule has 4 nitrogen and oxygen atoms in total. The Hall–Kier alpha value is -0.260. The highest BCUT2D eigenvalue weighted by Gasteiger charge is 2.62. The van der Waals surface area contributed by atoms with Gasteiger partial charge in [0.25, 0.3) is 0 Å². The smallest absolute Gasteiger partial charge is 0.222 e. The Morgan fingerprint density at radius 2 is 1.70 bits per heavy atom. The van der Waals surface area contributed by atoms with Gasteiger partial charge in [0.2, 0.25) is 5.91 Å². The Balaban J connectivity index is 1.26. The van der Waals surface area contributed by atoms with Crippen LogP contribution in [-0.4, -0.2) is 57.8 Å². The third-order valence-corrected chi connectivity index (χ3v) is 12.5. The fraction of sp³-hybridized carbons (Fsp3) is 0.964. The van der Waals surface area contributed by atoms with E-state index in [4.69, 9.17) is 0 Å². The molecule has 0 aromatic rings. The van der Waals surface area contributed by atoms with Crippen LogP contribution in [0.25, 0.3) is 0 Å². The predicted molar refractivity (Wildman–Crippen MR) is 135 cm³/mol. The van der Waals surface area contributed by atoms with Crippen LogP contribution in [0, 0.1) is 46.3 Å². The summed E-state index contributed by atoms with van der Waals surface area (Å²) in [5.41, 5.74) is 0.608. The first-order valence-electron chi connectivity index (χ1n) is 14.0. The van der Waals surface area contributed by atoms with Crippen LogP contribution >= 0.6 is 11.8 Å². The van der Waals surface area contributed by atoms with Crippen molar-refractivity contribution in [1.29, 1.82) is 0 Å². The maximum atomic E-state index is 12.8. The number of rotatable bonds is 4. The monoisotopic (exact) mass is 477 g/mol. The molecule has 0 aromatic heterocycles. The van der Waals surface area contributed by atoms with Gasteiger partial charge in [-0.05, 0) is 104 Å². The number of amides is 1. The van der Waals surface area contributed by atoms with Gasteiger partial charge in [0.05, 0.1) is 12.2 Å². The molecule has 10 atom stereocenters. The molecule has 0 bridgehead atoms. The van der Waals surface area contributed by atoms with E-state index in [-0.39, 0.29) is 12.2 Å². The molecule has 33 heavy (non-hydrogen) atoms. The zero-order valence-electron chi connectivity index (χ0n) is 21.2. The van der Waals surface area contributed by atoms with Crippen LogP contribution in [0.4, 0.5) is 0 Å². The summed E-state index contributed by atoms with van der Waals surface area (Å²) in [6.07, 6.45) is 10.3. The summed E-state index contributed by atoms with van der Waals surface area (Å²) in [5, 5.41) is 21.7. The zero-order chi connectivity index (χ0) is 23.4. The largest absolute Gasteiger partial charge is 0.393 e. The number of nitrogens with zero attached hydrogens (tertiary/aromatic N) is 1. The van der Waals surface area contributed by atoms with Gasteiger partial charge in [-0.2, -0.15) is 11.8 Å². The van der Waals surface area contributed by atoms with Crippen LogP contribution in [-0.2, 0) is 4.79 Å². The van der Waals surface area contributed by atoms with Gasteiger partial charge < -0.3 is 15.1 Å². The first-order valence-corrected chi connectivity index (χ1v) is 15.1. The molecule has 0 unspecified atom stereocenters. The van der Waals surface area contributed by atoms with E-state index in [0.29, 0.717) is 58.7 Å². The van der Waals surface area contributed by atoms with Crippen molar-refractivity contribution < 1.29 is 15.0 Å². The highest BCUT2D eigenvalue weighted by atomic mass is 32.2. The lowest BCUT2D eigenvalue weighted by Crippen LogP contribution is -2.58. The number of carbonyl (C=O) groups excluding carboxylic acids is 1. The van der Waals surface area contributed by atoms with E-state index in [0.717, 1.165) is 56.7 Å². The Morgan fingerprint density at radius 1 is 1.00 bits per heavy atom. The summed E-state index contributed by atoms with van der Waals surface area (Å²) >= 11 is 1.96. The quantitative estimate of drug-likeness (QED) is 0.600. The summed E-state index contributed by atoms with van der Waals surface area (Å²) in [6, 6.07) is 0. The summed E-state index contributed by atoms with van der Waals surface area (Å²) < 4.78 is 0. The zero-order valence-corrected chi connectivity index (χ0v) is 22.0. The van der Waals surface area contributed by atoms with Crippen molar-refractivity contribution in [2.45, 2.75) is 97.2 Å². The van der Waals surface area contributed by atoms with Crippen molar-refractivity contribution in [3.63, 3.8) is 0 Å². The van der Waals surface area contributed by atoms with Crippen molar-refractivity contribution in [2.24, 2.45) is 46.3 Å². The van der Waals surface area contributed by atoms with Crippen LogP contribution in [0.2, 0.25) is 0 Å². The average Bonchev–Trinajstić information content (AvgIpc) is 3.16. The lowest BCUT2D eigenvalue weighted by atomic mass is 9.43. The van der Waals surface area contributed by atoms with Crippen molar-refractivity contribution >= 4 is 17.7 Å². The Morgan fingerprint density at radius 3 is 2.45 bits per heavy atom. The first kappa shape index (κ1) is 24.4. The van der Waals surface area contributed by atoms with Crippen LogP contribution < -0.4 is 0 Å². The normalized spacial score (nSPS) is 48.5. The number of aliphatic hydroxyl groups is 2. The molecule has 5 rings (SSSR count). The van der Waals surface area contributed by atoms with Gasteiger partial charge in [0.1, 0.15) is 0 Å². The lowest BCUT2D eigenvalue weighted by Gasteiger charge is -2.62. The molecule has 1 heterocycles. The van der Waals surface area contributed by atoms with Crippen molar-refractivity contribution in [1.82, 2.24) is 4.90 Å². The van der Waals surface area contributed by atoms with Gasteiger partial charge in [-0.3, -0.25) is 4.79 Å². The number of carbonyl (C=O) groups is 1. The fourth-order valence-corrected chi connectivity index (χ4v) is 10.6. The van der Waals surface area contributed by atoms with Gasteiger partial charge in [-0.1, -0.05) is 20.8 Å². The van der Waals surface area contributed by atoms with Crippen molar-refractivity contribution in [3.05, 3.63) is 0 Å². The molecule has 5 fully saturated rings. The van der Waals surface area contributed by atoms with Crippen molar-refractivity contribution in [2.75, 3.05) is 24.6 Å². The van der Waals surface area contributed by atoms with E-state index < -0.39 is 0 Å². The van der Waals surface area contributed by atoms with Gasteiger partial charge in [0, 0.05) is 31.0 Å². The second-order valence-electron chi connectivity index (χ2n) is 13.0. The van der Waals surface area contributed by atoms with Gasteiger partial charge >= 0.3 is 0 Å². The highest BCUT2D eigenvalue weighted by molar-refractivity contribution is 7.99. The van der Waals surface area contributed by atoms with Crippen LogP contribution in [0.3, 0.4) is 0 Å². The van der Waals surface area contributed by atoms with E-state index in [1.54, 1.807) is 0 Å². The average molecular weight is 478 g/mol. The molecule has 188 valence electrons. The van der Waals surface area contributed by atoms with Crippen LogP contribution in [0.15, 0.2) is 0 Å². The van der Waals surface area contributed by atoms with E-state index in [1.807, 2.05) is 11.8 Å². The van der Waals surface area contributed by atoms with Crippen molar-refractivity contribution in [3.8, 4) is 0 Å². The topological polar surface area (TPSA) is 60.8 Å². The highest BCUT2D eigenvalue weighted by Crippen LogP contribution is 2.68. The molecule has 0 radical (unpaired) electrons. The molecule has 5 heteroatoms. The maximum absolute atomic E-state index is 12.8. The molecule has 1 amide bonds. The second-order valence-corrected chi connectivity index (χ2v) is 14.2. The molecule has 1 saturated heterocycles. The number of thioether (sulfide) groups is 1. The number of hydrogen-bond donors (Lipinski definition) is 2. The van der Waals surface area contributed by atoms with E-state index in [2.05, 4.69) is 25.7 Å². The summed E-state index contributed by atoms with van der Waals surface area (Å²) in [5.74, 6) is 5.96. The molecule has 4 aliphatic carbocycles. The Bertz CT molecular complexity index is 726. The Kier molecular flexibility index (Phi) is 6.90. The summed E-state index contributed by atoms with van der Waals surface area (Å²) in [6.45, 7) is 9.30. The number of aliphatic hydroxyl groups excluding tert-OH is 2. The molecule has 1 aliphatic heterocycles. The molecule has 4 saturated carbocycles. The molecular formula is C28H47NO3S. The third kappa shape index (κ3) is 4.20. The first-order chi connectivity index (χ1) is 15.7. The molecular weight excluding hydrogens is 430 g/mol. The maximum Gasteiger partial charge on any atom is 0.222 e. The minimum Gasteiger partial charge on any atom is -0.393 e. The summed E-state index contributed by atoms with van der Waals surface area (Å²) in [4.78, 5) is 14.9. The standard InChI is InChI=1S/C28H47NO3S/c1-18(4-7-25(32)29-12-14-33-15-13-29)21-5-6-22-26-23(9-11-28(21,22)3)27(2)10-8-20(30)16-19(27)17-24(26)31/h18-24,26,30-31H,4-17H2,1-3H3/t18-,19+,20-,21-,22+,23+,24+,26+,27+,28-/m0/s1. The van der Waals surface area contributed by atoms with Crippen LogP contribution in [0.5, 0.6) is 0 Å². The fourth-order valence-electron chi connectivity index (χ4n) is 9.70. The van der Waals surface area contributed by atoms with E-state index >= 15 is 0 Å². The van der Waals surface area contributed by atoms with Gasteiger partial charge in [0.15, 0.2) is 0 Å². The number of hydrogen-bond acceptors (Lipinski definition) is 4. The minimum atomic E-state index is -0.199. The molecule has 2 N–H and O–H groups in total. The second kappa shape index (κ2) is 9.32. The van der Waals surface area contributed by atoms with Gasteiger partial charge in [-0.25, -0.2) is 0 Å². The molecule has 0 spiro atoms. The van der Waals surface area contributed by atoms with Gasteiger partial charge in [-0.15, -0.1) is 0 Å². The third-order valence-electron chi connectivity index (χ3n) is 11.6. The SMILES string of the molecule is C[C@@H](CCC(=O)N1CCSCC1)[C@@H]1CC[C@@H]2[C@H]3[C@H](O)C[C@H]4C[C@@H](O)CC[C@@]4(C)[C@@H]3CC[C@]21C. The minimum absolute atomic E-state index is 0.163. The van der Waals surface area contributed by atoms with Crippen LogP contribution in [0.1, 0.15) is 85.0 Å².